The van der Waals surface area contributed by atoms with Crippen LogP contribution in [0.3, 0.4) is 0 Å². The van der Waals surface area contributed by atoms with Gasteiger partial charge in [-0.05, 0) is 52.6 Å². The Morgan fingerprint density at radius 2 is 1.97 bits per heavy atom. The molecule has 1 aromatic carbocycles. The summed E-state index contributed by atoms with van der Waals surface area (Å²) in [5, 5.41) is 16.7. The van der Waals surface area contributed by atoms with E-state index in [1.54, 1.807) is 23.5 Å². The molecular formula is C24H22N2O6S. The zero-order valence-electron chi connectivity index (χ0n) is 18.1. The van der Waals surface area contributed by atoms with E-state index in [9.17, 15) is 19.5 Å². The Bertz CT molecular complexity index is 1250. The van der Waals surface area contributed by atoms with Crippen LogP contribution in [0.2, 0.25) is 0 Å². The number of amides is 1. The number of aromatic carboxylic acids is 1. The lowest BCUT2D eigenvalue weighted by Gasteiger charge is -2.16. The molecule has 1 aliphatic rings. The zero-order chi connectivity index (χ0) is 23.5. The maximum atomic E-state index is 12.6. The molecule has 170 valence electrons. The monoisotopic (exact) mass is 466 g/mol. The summed E-state index contributed by atoms with van der Waals surface area (Å²) in [5.41, 5.74) is 3.12. The van der Waals surface area contributed by atoms with E-state index in [4.69, 9.17) is 9.47 Å². The number of pyridine rings is 1. The second-order valence-corrected chi connectivity index (χ2v) is 8.19. The van der Waals surface area contributed by atoms with Gasteiger partial charge in [-0.25, -0.2) is 14.6 Å². The number of benzene rings is 1. The van der Waals surface area contributed by atoms with E-state index in [1.807, 2.05) is 17.7 Å². The minimum absolute atomic E-state index is 0.00784. The van der Waals surface area contributed by atoms with E-state index in [0.717, 1.165) is 17.5 Å². The van der Waals surface area contributed by atoms with Crippen LogP contribution in [0.1, 0.15) is 50.2 Å². The SMILES string of the molecule is CCCNC(=O)c1ccc(-c2cc3c(cc2C(=O)O)-c2cscc2CCO3)c(C(=O)OC)n1. The predicted molar refractivity (Wildman–Crippen MR) is 123 cm³/mol. The predicted octanol–water partition coefficient (Wildman–Crippen LogP) is 4.04. The van der Waals surface area contributed by atoms with Crippen molar-refractivity contribution in [3.05, 3.63) is 57.5 Å². The quantitative estimate of drug-likeness (QED) is 0.527. The van der Waals surface area contributed by atoms with Crippen molar-refractivity contribution in [2.45, 2.75) is 19.8 Å². The number of carbonyl (C=O) groups is 3. The Morgan fingerprint density at radius 1 is 1.15 bits per heavy atom. The lowest BCUT2D eigenvalue weighted by atomic mass is 9.92. The van der Waals surface area contributed by atoms with Crippen LogP contribution >= 0.6 is 11.3 Å². The fourth-order valence-electron chi connectivity index (χ4n) is 3.72. The fourth-order valence-corrected chi connectivity index (χ4v) is 4.61. The summed E-state index contributed by atoms with van der Waals surface area (Å²) in [7, 11) is 1.20. The smallest absolute Gasteiger partial charge is 0.357 e. The Morgan fingerprint density at radius 3 is 2.70 bits per heavy atom. The molecule has 0 aliphatic carbocycles. The third kappa shape index (κ3) is 4.31. The van der Waals surface area contributed by atoms with Crippen LogP contribution in [0, 0.1) is 0 Å². The first-order chi connectivity index (χ1) is 15.9. The average Bonchev–Trinajstić information content (AvgIpc) is 3.22. The number of nitrogens with zero attached hydrogens (tertiary/aromatic N) is 1. The van der Waals surface area contributed by atoms with Crippen molar-refractivity contribution >= 4 is 29.2 Å². The lowest BCUT2D eigenvalue weighted by Crippen LogP contribution is -2.25. The molecule has 9 heteroatoms. The molecule has 4 rings (SSSR count). The number of ether oxygens (including phenoxy) is 2. The third-order valence-electron chi connectivity index (χ3n) is 5.34. The summed E-state index contributed by atoms with van der Waals surface area (Å²) in [6, 6.07) is 6.15. The van der Waals surface area contributed by atoms with E-state index in [-0.39, 0.29) is 28.1 Å². The van der Waals surface area contributed by atoms with Gasteiger partial charge in [0, 0.05) is 29.7 Å². The van der Waals surface area contributed by atoms with Gasteiger partial charge in [0.15, 0.2) is 5.69 Å². The van der Waals surface area contributed by atoms with Gasteiger partial charge >= 0.3 is 11.9 Å². The molecule has 33 heavy (non-hydrogen) atoms. The van der Waals surface area contributed by atoms with Crippen LogP contribution in [0.15, 0.2) is 35.0 Å². The van der Waals surface area contributed by atoms with Crippen molar-refractivity contribution in [2.75, 3.05) is 20.3 Å². The molecule has 3 heterocycles. The largest absolute Gasteiger partial charge is 0.493 e. The lowest BCUT2D eigenvalue weighted by molar-refractivity contribution is 0.0593. The second-order valence-electron chi connectivity index (χ2n) is 7.45. The van der Waals surface area contributed by atoms with Crippen molar-refractivity contribution in [3.8, 4) is 28.0 Å². The molecule has 0 spiro atoms. The molecule has 3 aromatic rings. The Balaban J connectivity index is 1.90. The van der Waals surface area contributed by atoms with E-state index in [2.05, 4.69) is 10.3 Å². The highest BCUT2D eigenvalue weighted by Crippen LogP contribution is 2.42. The number of carboxylic acid groups (broad SMARTS) is 1. The van der Waals surface area contributed by atoms with Crippen LogP contribution in [0.5, 0.6) is 5.75 Å². The molecule has 0 bridgehead atoms. The van der Waals surface area contributed by atoms with Crippen molar-refractivity contribution in [3.63, 3.8) is 0 Å². The van der Waals surface area contributed by atoms with Crippen LogP contribution < -0.4 is 10.1 Å². The van der Waals surface area contributed by atoms with Crippen LogP contribution in [0.4, 0.5) is 0 Å². The number of rotatable bonds is 6. The number of methoxy groups -OCH3 is 1. The fraction of sp³-hybridized carbons (Fsp3) is 0.250. The number of carboxylic acids is 1. The summed E-state index contributed by atoms with van der Waals surface area (Å²) < 4.78 is 10.8. The van der Waals surface area contributed by atoms with Crippen molar-refractivity contribution in [1.29, 1.82) is 0 Å². The topological polar surface area (TPSA) is 115 Å². The molecule has 0 saturated carbocycles. The summed E-state index contributed by atoms with van der Waals surface area (Å²) in [4.78, 5) is 41.4. The molecule has 0 fully saturated rings. The highest BCUT2D eigenvalue weighted by molar-refractivity contribution is 7.08. The number of carbonyl (C=O) groups excluding carboxylic acids is 2. The molecule has 2 N–H and O–H groups in total. The highest BCUT2D eigenvalue weighted by Gasteiger charge is 2.26. The maximum absolute atomic E-state index is 12.6. The van der Waals surface area contributed by atoms with Gasteiger partial charge in [-0.2, -0.15) is 11.3 Å². The molecular weight excluding hydrogens is 444 g/mol. The normalized spacial score (nSPS) is 12.1. The van der Waals surface area contributed by atoms with Gasteiger partial charge in [0.25, 0.3) is 5.91 Å². The number of hydrogen-bond acceptors (Lipinski definition) is 7. The van der Waals surface area contributed by atoms with Crippen LogP contribution in [-0.4, -0.2) is 48.2 Å². The van der Waals surface area contributed by atoms with Gasteiger partial charge in [-0.1, -0.05) is 6.92 Å². The number of esters is 1. The molecule has 1 amide bonds. The first-order valence-corrected chi connectivity index (χ1v) is 11.4. The molecule has 0 atom stereocenters. The highest BCUT2D eigenvalue weighted by atomic mass is 32.1. The zero-order valence-corrected chi connectivity index (χ0v) is 19.0. The first kappa shape index (κ1) is 22.5. The van der Waals surface area contributed by atoms with E-state index in [0.29, 0.717) is 30.9 Å². The van der Waals surface area contributed by atoms with Gasteiger partial charge in [-0.15, -0.1) is 0 Å². The number of nitrogens with one attached hydrogen (secondary N) is 1. The Labute approximate surface area is 194 Å². The number of aromatic nitrogens is 1. The summed E-state index contributed by atoms with van der Waals surface area (Å²) in [5.74, 6) is -1.84. The number of thiophene rings is 1. The van der Waals surface area contributed by atoms with Gasteiger partial charge in [0.2, 0.25) is 0 Å². The summed E-state index contributed by atoms with van der Waals surface area (Å²) in [6.07, 6.45) is 1.46. The first-order valence-electron chi connectivity index (χ1n) is 10.4. The van der Waals surface area contributed by atoms with Gasteiger partial charge in [-0.3, -0.25) is 4.79 Å². The number of fused-ring (bicyclic) bond motifs is 3. The van der Waals surface area contributed by atoms with Gasteiger partial charge in [0.1, 0.15) is 11.4 Å². The molecule has 0 saturated heterocycles. The van der Waals surface area contributed by atoms with E-state index < -0.39 is 17.8 Å². The van der Waals surface area contributed by atoms with E-state index in [1.165, 1.54) is 19.2 Å². The summed E-state index contributed by atoms with van der Waals surface area (Å²) >= 11 is 1.55. The van der Waals surface area contributed by atoms with E-state index >= 15 is 0 Å². The Kier molecular flexibility index (Phi) is 6.41. The maximum Gasteiger partial charge on any atom is 0.357 e. The van der Waals surface area contributed by atoms with Gasteiger partial charge in [0.05, 0.1) is 19.3 Å². The van der Waals surface area contributed by atoms with Crippen LogP contribution in [-0.2, 0) is 11.2 Å². The van der Waals surface area contributed by atoms with Crippen LogP contribution in [0.25, 0.3) is 22.3 Å². The van der Waals surface area contributed by atoms with Crippen molar-refractivity contribution in [2.24, 2.45) is 0 Å². The van der Waals surface area contributed by atoms with Crippen molar-refractivity contribution in [1.82, 2.24) is 10.3 Å². The number of hydrogen-bond donors (Lipinski definition) is 2. The Hall–Kier alpha value is -3.72. The third-order valence-corrected chi connectivity index (χ3v) is 6.14. The molecule has 8 nitrogen and oxygen atoms in total. The molecule has 2 aromatic heterocycles. The standard InChI is InChI=1S/C24H22N2O6S/c1-3-7-25-22(27)19-5-4-14(21(26-19)24(30)31-2)15-10-20-16(9-17(15)23(28)29)18-12-33-11-13(18)6-8-32-20/h4-5,9-12H,3,6-8H2,1-2H3,(H,25,27)(H,28,29). The van der Waals surface area contributed by atoms with Gasteiger partial charge < -0.3 is 19.9 Å². The minimum atomic E-state index is -1.16. The average molecular weight is 467 g/mol. The molecule has 1 aliphatic heterocycles. The van der Waals surface area contributed by atoms with Crippen molar-refractivity contribution < 1.29 is 29.0 Å². The minimum Gasteiger partial charge on any atom is -0.493 e. The molecule has 0 unspecified atom stereocenters. The second kappa shape index (κ2) is 9.41. The summed E-state index contributed by atoms with van der Waals surface area (Å²) in [6.45, 7) is 2.83. The molecule has 0 radical (unpaired) electrons.